The third kappa shape index (κ3) is 5.04. The fourth-order valence-electron chi connectivity index (χ4n) is 8.74. The van der Waals surface area contributed by atoms with E-state index in [2.05, 4.69) is 133 Å². The molecule has 3 heteroatoms. The molecule has 224 valence electrons. The molecule has 3 aromatic carbocycles. The Kier molecular flexibility index (Phi) is 9.34. The molecule has 0 amide bonds. The van der Waals surface area contributed by atoms with Gasteiger partial charge in [-0.25, -0.2) is 0 Å². The van der Waals surface area contributed by atoms with Crippen LogP contribution in [0.15, 0.2) is 91.0 Å². The van der Waals surface area contributed by atoms with Crippen LogP contribution in [-0.4, -0.2) is 4.26 Å². The molecule has 0 saturated heterocycles. The zero-order valence-electron chi connectivity index (χ0n) is 26.5. The van der Waals surface area contributed by atoms with Crippen molar-refractivity contribution in [3.8, 4) is 11.1 Å². The third-order valence-corrected chi connectivity index (χ3v) is 40.4. The van der Waals surface area contributed by atoms with Crippen LogP contribution in [0.25, 0.3) is 11.1 Å². The molecule has 1 saturated carbocycles. The molecule has 0 nitrogen and oxygen atoms in total. The number of fused-ring (bicyclic) bond motifs is 3. The van der Waals surface area contributed by atoms with Crippen molar-refractivity contribution in [2.24, 2.45) is 0 Å². The first-order valence-corrected chi connectivity index (χ1v) is 26.2. The van der Waals surface area contributed by atoms with E-state index in [1.54, 1.807) is 14.4 Å². The van der Waals surface area contributed by atoms with Gasteiger partial charge in [0.2, 0.25) is 0 Å². The predicted octanol–water partition coefficient (Wildman–Crippen LogP) is 11.3. The molecule has 42 heavy (non-hydrogen) atoms. The van der Waals surface area contributed by atoms with Gasteiger partial charge in [-0.2, -0.15) is 0 Å². The summed E-state index contributed by atoms with van der Waals surface area (Å²) < 4.78 is 8.96. The maximum absolute atomic E-state index is 5.86. The molecule has 0 aromatic heterocycles. The summed E-state index contributed by atoms with van der Waals surface area (Å²) in [6.45, 7) is 14.2. The van der Waals surface area contributed by atoms with Crippen LogP contribution >= 0.6 is 24.8 Å². The molecule has 3 aliphatic rings. The van der Waals surface area contributed by atoms with Gasteiger partial charge in [-0.05, 0) is 0 Å². The van der Waals surface area contributed by atoms with Crippen molar-refractivity contribution in [2.75, 3.05) is 0 Å². The van der Waals surface area contributed by atoms with Crippen molar-refractivity contribution in [2.45, 2.75) is 95.5 Å². The first-order valence-electron chi connectivity index (χ1n) is 15.7. The Morgan fingerprint density at radius 2 is 1.12 bits per heavy atom. The minimum absolute atomic E-state index is 0. The second-order valence-corrected chi connectivity index (χ2v) is 37.1. The van der Waals surface area contributed by atoms with Crippen molar-refractivity contribution in [1.82, 2.24) is 0 Å². The fourth-order valence-corrected chi connectivity index (χ4v) is 39.1. The van der Waals surface area contributed by atoms with Gasteiger partial charge < -0.3 is 0 Å². The molecule has 0 N–H and O–H groups in total. The van der Waals surface area contributed by atoms with E-state index in [9.17, 15) is 0 Å². The number of hydrogen-bond acceptors (Lipinski definition) is 0. The van der Waals surface area contributed by atoms with Crippen LogP contribution < -0.4 is 3.32 Å². The van der Waals surface area contributed by atoms with Crippen LogP contribution in [0.3, 0.4) is 0 Å². The van der Waals surface area contributed by atoms with Crippen LogP contribution in [0, 0.1) is 0 Å². The molecule has 0 spiro atoms. The SMILES string of the molecule is Cl.Cl.[CH2]=[Hf]([c]1ccccc1)([CH]1C=CC=C1)([CH]1CCCCC1)[CH]1c2cc(C(C)(C)C)ccc2-c2ccc(C(C)(C)C)cc21. The standard InChI is InChI=1S/C21H25.C6H11.C6H5.C5H5.CH2.2ClH.Hf/c1-20(2,3)16-7-9-18-14(12-16)11-15-13-17(21(4,5)6)8-10-19(15)18;2*1-2-4-6-5-3-1;1-2-4-5-3-1;;;;/h7-13H,1-6H3;1H,2-6H2;1-5H;1-5H;1H2;2*1H;. The Morgan fingerprint density at radius 3 is 1.57 bits per heavy atom. The van der Waals surface area contributed by atoms with Crippen LogP contribution in [0.4, 0.5) is 0 Å². The zero-order chi connectivity index (χ0) is 28.4. The molecule has 0 unspecified atom stereocenters. The molecule has 3 aromatic rings. The molecule has 0 heterocycles. The van der Waals surface area contributed by atoms with Gasteiger partial charge in [0.05, 0.1) is 0 Å². The number of halogens is 2. The normalized spacial score (nSPS) is 17.9. The van der Waals surface area contributed by atoms with Crippen LogP contribution in [0.5, 0.6) is 0 Å². The second kappa shape index (κ2) is 11.8. The van der Waals surface area contributed by atoms with Crippen molar-refractivity contribution in [3.63, 3.8) is 0 Å². The van der Waals surface area contributed by atoms with E-state index in [4.69, 9.17) is 4.26 Å². The van der Waals surface area contributed by atoms with E-state index in [0.717, 1.165) is 0 Å². The van der Waals surface area contributed by atoms with Gasteiger partial charge in [-0.1, -0.05) is 0 Å². The molecule has 0 bridgehead atoms. The molecular weight excluding hydrogens is 718 g/mol. The van der Waals surface area contributed by atoms with Gasteiger partial charge in [-0.15, -0.1) is 24.8 Å². The van der Waals surface area contributed by atoms with Crippen molar-refractivity contribution in [1.29, 1.82) is 0 Å². The first-order chi connectivity index (χ1) is 18.9. The number of allylic oxidation sites excluding steroid dienone is 4. The summed E-state index contributed by atoms with van der Waals surface area (Å²) in [5.74, 6) is 0. The Balaban J connectivity index is 0.00000202. The summed E-state index contributed by atoms with van der Waals surface area (Å²) in [5.41, 5.74) is 9.14. The molecule has 0 aliphatic heterocycles. The van der Waals surface area contributed by atoms with E-state index in [-0.39, 0.29) is 35.6 Å². The monoisotopic (exact) mass is 768 g/mol. The average molecular weight is 768 g/mol. The Labute approximate surface area is 268 Å². The van der Waals surface area contributed by atoms with E-state index in [1.807, 2.05) is 0 Å². The topological polar surface area (TPSA) is 0 Å². The van der Waals surface area contributed by atoms with E-state index >= 15 is 0 Å². The second-order valence-electron chi connectivity index (χ2n) is 15.3. The van der Waals surface area contributed by atoms with E-state index < -0.39 is 18.0 Å². The van der Waals surface area contributed by atoms with Crippen molar-refractivity contribution >= 4 is 32.4 Å². The first kappa shape index (κ1) is 33.4. The van der Waals surface area contributed by atoms with Crippen molar-refractivity contribution in [3.05, 3.63) is 113 Å². The van der Waals surface area contributed by atoms with Crippen LogP contribution in [0.2, 0.25) is 7.35 Å². The van der Waals surface area contributed by atoms with E-state index in [0.29, 0.717) is 11.0 Å². The zero-order valence-corrected chi connectivity index (χ0v) is 31.7. The fraction of sp³-hybridized carbons (Fsp3) is 0.410. The molecular formula is C39H50Cl2Hf. The molecule has 3 aliphatic carbocycles. The molecule has 0 radical (unpaired) electrons. The van der Waals surface area contributed by atoms with Gasteiger partial charge in [0, 0.05) is 0 Å². The average Bonchev–Trinajstić information content (AvgIpc) is 3.60. The molecule has 1 fully saturated rings. The number of benzene rings is 3. The Morgan fingerprint density at radius 1 is 0.643 bits per heavy atom. The Hall–Kier alpha value is -1.54. The van der Waals surface area contributed by atoms with Gasteiger partial charge in [0.15, 0.2) is 0 Å². The van der Waals surface area contributed by atoms with Crippen LogP contribution in [0.1, 0.15) is 99.6 Å². The number of hydrogen-bond donors (Lipinski definition) is 0. The van der Waals surface area contributed by atoms with Gasteiger partial charge in [0.1, 0.15) is 0 Å². The minimum atomic E-state index is -4.54. The Bertz CT molecular complexity index is 1480. The summed E-state index contributed by atoms with van der Waals surface area (Å²) in [5, 5.41) is 0. The third-order valence-electron chi connectivity index (χ3n) is 11.0. The summed E-state index contributed by atoms with van der Waals surface area (Å²) in [4.78, 5) is 0. The summed E-state index contributed by atoms with van der Waals surface area (Å²) in [6, 6.07) is 26.7. The summed E-state index contributed by atoms with van der Waals surface area (Å²) in [7, 11) is 0. The summed E-state index contributed by atoms with van der Waals surface area (Å²) in [6.07, 6.45) is 16.5. The quantitative estimate of drug-likeness (QED) is 0.232. The maximum atomic E-state index is 5.86. The van der Waals surface area contributed by atoms with Crippen LogP contribution in [-0.2, 0) is 28.8 Å². The summed E-state index contributed by atoms with van der Waals surface area (Å²) >= 11 is -4.54. The molecule has 0 atom stereocenters. The van der Waals surface area contributed by atoms with E-state index in [1.165, 1.54) is 54.4 Å². The van der Waals surface area contributed by atoms with Crippen molar-refractivity contribution < 1.29 is 18.0 Å². The van der Waals surface area contributed by atoms with Gasteiger partial charge in [0.25, 0.3) is 0 Å². The molecule has 6 rings (SSSR count). The van der Waals surface area contributed by atoms with Gasteiger partial charge in [-0.3, -0.25) is 0 Å². The van der Waals surface area contributed by atoms with Gasteiger partial charge >= 0.3 is 246 Å². The predicted molar refractivity (Wildman–Crippen MR) is 188 cm³/mol. The number of rotatable bonds is 4.